The monoisotopic (exact) mass is 424 g/mol. The second kappa shape index (κ2) is 9.04. The van der Waals surface area contributed by atoms with E-state index in [2.05, 4.69) is 35.4 Å². The summed E-state index contributed by atoms with van der Waals surface area (Å²) in [6.07, 6.45) is 1.52. The fourth-order valence-corrected chi connectivity index (χ4v) is 3.50. The lowest BCUT2D eigenvalue weighted by Gasteiger charge is -2.34. The Morgan fingerprint density at radius 2 is 1.84 bits per heavy atom. The van der Waals surface area contributed by atoms with Crippen molar-refractivity contribution in [2.75, 3.05) is 49.5 Å². The molecule has 1 aromatic carbocycles. The minimum absolute atomic E-state index is 0.101. The molecule has 3 aromatic rings. The van der Waals surface area contributed by atoms with Crippen LogP contribution in [0.25, 0.3) is 11.2 Å². The number of benzene rings is 1. The highest BCUT2D eigenvalue weighted by Gasteiger charge is 2.23. The highest BCUT2D eigenvalue weighted by atomic mass is 16.5. The van der Waals surface area contributed by atoms with Crippen LogP contribution in [0, 0.1) is 0 Å². The van der Waals surface area contributed by atoms with Crippen LogP contribution >= 0.6 is 0 Å². The third-order valence-corrected chi connectivity index (χ3v) is 5.09. The number of hydrogen-bond acceptors (Lipinski definition) is 9. The quantitative estimate of drug-likeness (QED) is 0.570. The molecule has 1 amide bonds. The number of piperazine rings is 1. The van der Waals surface area contributed by atoms with E-state index in [9.17, 15) is 9.59 Å². The van der Waals surface area contributed by atoms with Gasteiger partial charge in [0.05, 0.1) is 18.7 Å². The van der Waals surface area contributed by atoms with E-state index in [1.54, 1.807) is 42.9 Å². The average Bonchev–Trinajstić information content (AvgIpc) is 3.16. The van der Waals surface area contributed by atoms with Gasteiger partial charge in [0.15, 0.2) is 17.0 Å². The van der Waals surface area contributed by atoms with E-state index in [-0.39, 0.29) is 18.4 Å². The third kappa shape index (κ3) is 4.61. The number of amides is 1. The van der Waals surface area contributed by atoms with Crippen LogP contribution in [-0.4, -0.2) is 81.1 Å². The number of anilines is 2. The van der Waals surface area contributed by atoms with E-state index in [1.165, 1.54) is 6.33 Å². The van der Waals surface area contributed by atoms with Crippen LogP contribution in [0.1, 0.15) is 17.3 Å². The second-order valence-electron chi connectivity index (χ2n) is 7.19. The second-order valence-corrected chi connectivity index (χ2v) is 7.19. The standard InChI is InChI=1S/C20H24N8O3/c1-3-31-20(30)14-4-6-15(7-5-14)23-16(29)12-27-8-10-28(11-9-27)19-17-18(21-13-22-19)26(2)25-24-17/h4-7,13H,3,8-12H2,1-2H3,(H,23,29). The Kier molecular flexibility index (Phi) is 6.03. The third-order valence-electron chi connectivity index (χ3n) is 5.09. The molecule has 2 aromatic heterocycles. The molecule has 31 heavy (non-hydrogen) atoms. The van der Waals surface area contributed by atoms with Crippen molar-refractivity contribution in [2.45, 2.75) is 6.92 Å². The van der Waals surface area contributed by atoms with E-state index in [4.69, 9.17) is 4.74 Å². The predicted molar refractivity (Wildman–Crippen MR) is 114 cm³/mol. The maximum Gasteiger partial charge on any atom is 0.338 e. The number of ether oxygens (including phenoxy) is 1. The molecule has 0 atom stereocenters. The van der Waals surface area contributed by atoms with Crippen LogP contribution in [-0.2, 0) is 16.6 Å². The predicted octanol–water partition coefficient (Wildman–Crippen LogP) is 0.696. The van der Waals surface area contributed by atoms with Crippen LogP contribution in [0.3, 0.4) is 0 Å². The number of carbonyl (C=O) groups excluding carboxylic acids is 2. The highest BCUT2D eigenvalue weighted by Crippen LogP contribution is 2.21. The number of fused-ring (bicyclic) bond motifs is 1. The zero-order valence-corrected chi connectivity index (χ0v) is 17.5. The number of esters is 1. The van der Waals surface area contributed by atoms with Gasteiger partial charge in [0.2, 0.25) is 5.91 Å². The molecule has 0 unspecified atom stereocenters. The van der Waals surface area contributed by atoms with Crippen molar-refractivity contribution in [3.63, 3.8) is 0 Å². The molecule has 0 spiro atoms. The first-order chi connectivity index (χ1) is 15.0. The zero-order valence-electron chi connectivity index (χ0n) is 17.5. The molecule has 1 fully saturated rings. The van der Waals surface area contributed by atoms with Crippen molar-refractivity contribution < 1.29 is 14.3 Å². The lowest BCUT2D eigenvalue weighted by atomic mass is 10.2. The summed E-state index contributed by atoms with van der Waals surface area (Å²) in [5.41, 5.74) is 2.48. The van der Waals surface area contributed by atoms with Crippen LogP contribution in [0.2, 0.25) is 0 Å². The lowest BCUT2D eigenvalue weighted by molar-refractivity contribution is -0.117. The van der Waals surface area contributed by atoms with Crippen molar-refractivity contribution in [1.82, 2.24) is 29.9 Å². The smallest absolute Gasteiger partial charge is 0.338 e. The Bertz CT molecular complexity index is 1070. The molecule has 11 nitrogen and oxygen atoms in total. The molecule has 1 saturated heterocycles. The van der Waals surface area contributed by atoms with Gasteiger partial charge in [-0.1, -0.05) is 5.21 Å². The van der Waals surface area contributed by atoms with Crippen molar-refractivity contribution in [1.29, 1.82) is 0 Å². The molecule has 0 radical (unpaired) electrons. The minimum Gasteiger partial charge on any atom is -0.462 e. The first kappa shape index (κ1) is 20.7. The largest absolute Gasteiger partial charge is 0.462 e. The average molecular weight is 424 g/mol. The molecule has 0 aliphatic carbocycles. The summed E-state index contributed by atoms with van der Waals surface area (Å²) in [6.45, 7) is 5.27. The molecule has 11 heteroatoms. The molecule has 3 heterocycles. The number of aryl methyl sites for hydroxylation is 1. The Labute approximate surface area is 179 Å². The number of nitrogens with zero attached hydrogens (tertiary/aromatic N) is 7. The van der Waals surface area contributed by atoms with Crippen molar-refractivity contribution >= 4 is 34.5 Å². The molecule has 162 valence electrons. The summed E-state index contributed by atoms with van der Waals surface area (Å²) in [6, 6.07) is 6.68. The molecule has 1 N–H and O–H groups in total. The van der Waals surface area contributed by atoms with Gasteiger partial charge in [-0.3, -0.25) is 9.69 Å². The van der Waals surface area contributed by atoms with Crippen LogP contribution < -0.4 is 10.2 Å². The summed E-state index contributed by atoms with van der Waals surface area (Å²) >= 11 is 0. The molecule has 1 aliphatic rings. The number of hydrogen-bond donors (Lipinski definition) is 1. The first-order valence-corrected chi connectivity index (χ1v) is 10.1. The molecular formula is C20H24N8O3. The minimum atomic E-state index is -0.374. The van der Waals surface area contributed by atoms with Gasteiger partial charge in [-0.25, -0.2) is 19.4 Å². The van der Waals surface area contributed by atoms with Crippen LogP contribution in [0.4, 0.5) is 11.5 Å². The van der Waals surface area contributed by atoms with Gasteiger partial charge < -0.3 is 15.0 Å². The summed E-state index contributed by atoms with van der Waals surface area (Å²) in [5, 5.41) is 11.1. The maximum absolute atomic E-state index is 12.4. The number of aromatic nitrogens is 5. The molecule has 1 aliphatic heterocycles. The van der Waals surface area contributed by atoms with Crippen molar-refractivity contribution in [2.24, 2.45) is 7.05 Å². The zero-order chi connectivity index (χ0) is 21.8. The SMILES string of the molecule is CCOC(=O)c1ccc(NC(=O)CN2CCN(c3ncnc4c3nnn4C)CC2)cc1. The molecular weight excluding hydrogens is 400 g/mol. The Hall–Kier alpha value is -3.60. The van der Waals surface area contributed by atoms with Gasteiger partial charge in [-0.2, -0.15) is 0 Å². The summed E-state index contributed by atoms with van der Waals surface area (Å²) < 4.78 is 6.59. The number of carbonyl (C=O) groups is 2. The topological polar surface area (TPSA) is 118 Å². The number of rotatable bonds is 6. The molecule has 4 rings (SSSR count). The van der Waals surface area contributed by atoms with E-state index in [0.29, 0.717) is 29.0 Å². The first-order valence-electron chi connectivity index (χ1n) is 10.1. The van der Waals surface area contributed by atoms with Crippen LogP contribution in [0.15, 0.2) is 30.6 Å². The van der Waals surface area contributed by atoms with Gasteiger partial charge in [-0.05, 0) is 31.2 Å². The van der Waals surface area contributed by atoms with Gasteiger partial charge >= 0.3 is 5.97 Å². The Morgan fingerprint density at radius 1 is 1.10 bits per heavy atom. The Balaban J connectivity index is 1.29. The summed E-state index contributed by atoms with van der Waals surface area (Å²) in [5.74, 6) is 0.292. The fourth-order valence-electron chi connectivity index (χ4n) is 3.50. The summed E-state index contributed by atoms with van der Waals surface area (Å²) in [7, 11) is 1.80. The molecule has 0 saturated carbocycles. The van der Waals surface area contributed by atoms with Crippen molar-refractivity contribution in [3.8, 4) is 0 Å². The lowest BCUT2D eigenvalue weighted by Crippen LogP contribution is -2.49. The normalized spacial score (nSPS) is 14.6. The summed E-state index contributed by atoms with van der Waals surface area (Å²) in [4.78, 5) is 37.0. The van der Waals surface area contributed by atoms with Gasteiger partial charge in [-0.15, -0.1) is 5.10 Å². The molecule has 0 bridgehead atoms. The van der Waals surface area contributed by atoms with E-state index in [1.807, 2.05) is 0 Å². The van der Waals surface area contributed by atoms with Gasteiger partial charge in [0, 0.05) is 38.9 Å². The highest BCUT2D eigenvalue weighted by molar-refractivity contribution is 5.94. The maximum atomic E-state index is 12.4. The fraction of sp³-hybridized carbons (Fsp3) is 0.400. The Morgan fingerprint density at radius 3 is 2.55 bits per heavy atom. The van der Waals surface area contributed by atoms with Crippen molar-refractivity contribution in [3.05, 3.63) is 36.2 Å². The number of nitrogens with one attached hydrogen (secondary N) is 1. The van der Waals surface area contributed by atoms with Crippen LogP contribution in [0.5, 0.6) is 0 Å². The van der Waals surface area contributed by atoms with Gasteiger partial charge in [0.25, 0.3) is 0 Å². The van der Waals surface area contributed by atoms with Gasteiger partial charge in [0.1, 0.15) is 6.33 Å². The van der Waals surface area contributed by atoms with E-state index in [0.717, 1.165) is 32.0 Å². The van der Waals surface area contributed by atoms with E-state index < -0.39 is 0 Å². The van der Waals surface area contributed by atoms with E-state index >= 15 is 0 Å².